The molecule has 0 radical (unpaired) electrons. The summed E-state index contributed by atoms with van der Waals surface area (Å²) >= 11 is 7.07. The van der Waals surface area contributed by atoms with Crippen molar-refractivity contribution < 1.29 is 8.82 Å². The Morgan fingerprint density at radius 3 is 2.36 bits per heavy atom. The zero-order valence-corrected chi connectivity index (χ0v) is 19.7. The van der Waals surface area contributed by atoms with Crippen LogP contribution in [0.15, 0.2) is 23.2 Å². The molecule has 154 valence electrons. The van der Waals surface area contributed by atoms with Crippen LogP contribution in [0, 0.1) is 5.82 Å². The molecule has 1 aromatic heterocycles. The van der Waals surface area contributed by atoms with E-state index in [0.29, 0.717) is 34.6 Å². The fraction of sp³-hybridized carbons (Fsp3) is 0.526. The maximum Gasteiger partial charge on any atom is 0.200 e. The van der Waals surface area contributed by atoms with Crippen molar-refractivity contribution in [3.8, 4) is 0 Å². The summed E-state index contributed by atoms with van der Waals surface area (Å²) < 4.78 is 24.0. The lowest BCUT2D eigenvalue weighted by Gasteiger charge is -2.42. The number of benzene rings is 1. The van der Waals surface area contributed by atoms with Gasteiger partial charge in [-0.3, -0.25) is 0 Å². The first-order chi connectivity index (χ1) is 13.1. The Hall–Kier alpha value is -1.35. The minimum atomic E-state index is -2.02. The van der Waals surface area contributed by atoms with E-state index in [9.17, 15) is 4.39 Å². The molecule has 0 aliphatic rings. The number of halogens is 2. The van der Waals surface area contributed by atoms with Gasteiger partial charge in [0.15, 0.2) is 5.84 Å². The van der Waals surface area contributed by atoms with Crippen LogP contribution in [0.3, 0.4) is 0 Å². The topological polar surface area (TPSA) is 73.4 Å². The smallest absolute Gasteiger partial charge is 0.200 e. The Labute approximate surface area is 176 Å². The van der Waals surface area contributed by atoms with Gasteiger partial charge >= 0.3 is 0 Å². The van der Waals surface area contributed by atoms with Crippen molar-refractivity contribution >= 4 is 43.0 Å². The molecular formula is C19H28ClFN4OSSi. The molecular weight excluding hydrogens is 415 g/mol. The number of amidine groups is 1. The quantitative estimate of drug-likeness (QED) is 0.306. The van der Waals surface area contributed by atoms with Gasteiger partial charge in [-0.2, -0.15) is 0 Å². The minimum absolute atomic E-state index is 0.00408. The fourth-order valence-corrected chi connectivity index (χ4v) is 10.2. The Balaban J connectivity index is 2.27. The van der Waals surface area contributed by atoms with Gasteiger partial charge in [-0.05, 0) is 46.4 Å². The Morgan fingerprint density at radius 2 is 1.82 bits per heavy atom. The van der Waals surface area contributed by atoms with Crippen LogP contribution < -0.4 is 5.73 Å². The van der Waals surface area contributed by atoms with Crippen LogP contribution >= 0.6 is 23.1 Å². The van der Waals surface area contributed by atoms with Gasteiger partial charge in [0, 0.05) is 0 Å². The summed E-state index contributed by atoms with van der Waals surface area (Å²) in [7, 11) is -2.02. The lowest BCUT2D eigenvalue weighted by molar-refractivity contribution is 0.268. The number of nitrogens with two attached hydrogens (primary N) is 1. The maximum absolute atomic E-state index is 13.3. The molecule has 2 aromatic rings. The predicted molar refractivity (Wildman–Crippen MR) is 118 cm³/mol. The first-order valence-electron chi connectivity index (χ1n) is 9.34. The summed E-state index contributed by atoms with van der Waals surface area (Å²) in [5, 5.41) is 4.12. The number of nitrogens with zero attached hydrogens (tertiary/aromatic N) is 3. The number of rotatable bonds is 8. The van der Waals surface area contributed by atoms with Gasteiger partial charge in [0.2, 0.25) is 8.32 Å². The van der Waals surface area contributed by atoms with Crippen LogP contribution in [-0.4, -0.2) is 23.7 Å². The third kappa shape index (κ3) is 4.79. The van der Waals surface area contributed by atoms with E-state index < -0.39 is 14.1 Å². The second kappa shape index (κ2) is 9.43. The second-order valence-corrected chi connectivity index (χ2v) is 14.5. The molecule has 5 nitrogen and oxygen atoms in total. The van der Waals surface area contributed by atoms with Crippen LogP contribution in [0.25, 0.3) is 0 Å². The van der Waals surface area contributed by atoms with E-state index in [0.717, 1.165) is 4.88 Å². The molecule has 0 spiro atoms. The van der Waals surface area contributed by atoms with Gasteiger partial charge in [-0.1, -0.05) is 57.6 Å². The largest absolute Gasteiger partial charge is 0.411 e. The Morgan fingerprint density at radius 1 is 1.21 bits per heavy atom. The highest BCUT2D eigenvalue weighted by Crippen LogP contribution is 2.43. The third-order valence-electron chi connectivity index (χ3n) is 5.11. The normalized spacial score (nSPS) is 13.2. The Kier molecular flexibility index (Phi) is 7.72. The van der Waals surface area contributed by atoms with Gasteiger partial charge < -0.3 is 10.2 Å². The first-order valence-corrected chi connectivity index (χ1v) is 12.6. The molecule has 0 aliphatic carbocycles. The fourth-order valence-electron chi connectivity index (χ4n) is 3.94. The molecule has 1 heterocycles. The van der Waals surface area contributed by atoms with Crippen molar-refractivity contribution in [1.82, 2.24) is 9.59 Å². The summed E-state index contributed by atoms with van der Waals surface area (Å²) in [6.07, 6.45) is 0. The van der Waals surface area contributed by atoms with Crippen molar-refractivity contribution in [2.45, 2.75) is 64.8 Å². The van der Waals surface area contributed by atoms with E-state index in [1.54, 1.807) is 0 Å². The highest BCUT2D eigenvalue weighted by Gasteiger charge is 2.45. The van der Waals surface area contributed by atoms with Crippen LogP contribution in [0.1, 0.15) is 52.1 Å². The summed E-state index contributed by atoms with van der Waals surface area (Å²) in [6, 6.07) is 4.19. The van der Waals surface area contributed by atoms with Gasteiger partial charge in [-0.15, -0.1) is 5.10 Å². The SMILES string of the molecule is CC(C)[Si](OCc1snnc1C(N)=Nc1ccc(F)c(Cl)c1)(C(C)C)C(C)C. The maximum atomic E-state index is 13.3. The van der Waals surface area contributed by atoms with E-state index in [-0.39, 0.29) is 10.9 Å². The molecule has 1 aromatic carbocycles. The average molecular weight is 443 g/mol. The summed E-state index contributed by atoms with van der Waals surface area (Å²) in [5.74, 6) is -0.290. The van der Waals surface area contributed by atoms with Crippen LogP contribution in [0.2, 0.25) is 21.6 Å². The molecule has 0 amide bonds. The van der Waals surface area contributed by atoms with E-state index in [1.807, 2.05) is 0 Å². The molecule has 0 aliphatic heterocycles. The number of aromatic nitrogens is 2. The highest BCUT2D eigenvalue weighted by atomic mass is 35.5. The summed E-state index contributed by atoms with van der Waals surface area (Å²) in [5.41, 5.74) is 8.54. The van der Waals surface area contributed by atoms with Crippen LogP contribution in [-0.2, 0) is 11.0 Å². The first kappa shape index (κ1) is 22.9. The van der Waals surface area contributed by atoms with E-state index in [2.05, 4.69) is 56.1 Å². The zero-order chi connectivity index (χ0) is 21.1. The van der Waals surface area contributed by atoms with E-state index >= 15 is 0 Å². The van der Waals surface area contributed by atoms with Crippen molar-refractivity contribution in [3.05, 3.63) is 39.6 Å². The lowest BCUT2D eigenvalue weighted by atomic mass is 10.3. The van der Waals surface area contributed by atoms with E-state index in [1.165, 1.54) is 29.7 Å². The second-order valence-electron chi connectivity index (χ2n) is 7.75. The molecule has 0 bridgehead atoms. The van der Waals surface area contributed by atoms with Gasteiger partial charge in [0.05, 0.1) is 22.2 Å². The number of aliphatic imine (C=N–C) groups is 1. The standard InChI is InChI=1S/C19H28ClFN4OSSi/c1-11(2)28(12(3)4,13(5)6)26-10-17-18(24-25-27-17)19(22)23-14-7-8-16(21)15(20)9-14/h7-9,11-13H,10H2,1-6H3,(H2,22,23). The van der Waals surface area contributed by atoms with Gasteiger partial charge in [-0.25, -0.2) is 9.38 Å². The highest BCUT2D eigenvalue weighted by molar-refractivity contribution is 7.05. The zero-order valence-electron chi connectivity index (χ0n) is 17.2. The summed E-state index contributed by atoms with van der Waals surface area (Å²) in [6.45, 7) is 13.9. The molecule has 0 fully saturated rings. The minimum Gasteiger partial charge on any atom is -0.411 e. The molecule has 28 heavy (non-hydrogen) atoms. The lowest BCUT2D eigenvalue weighted by Crippen LogP contribution is -2.47. The molecule has 2 rings (SSSR count). The monoisotopic (exact) mass is 442 g/mol. The van der Waals surface area contributed by atoms with Gasteiger partial charge in [0.25, 0.3) is 0 Å². The van der Waals surface area contributed by atoms with Crippen LogP contribution in [0.5, 0.6) is 0 Å². The summed E-state index contributed by atoms with van der Waals surface area (Å²) in [4.78, 5) is 5.16. The molecule has 2 N–H and O–H groups in total. The predicted octanol–water partition coefficient (Wildman–Crippen LogP) is 6.06. The van der Waals surface area contributed by atoms with Crippen molar-refractivity contribution in [2.24, 2.45) is 10.7 Å². The van der Waals surface area contributed by atoms with Crippen LogP contribution in [0.4, 0.5) is 10.1 Å². The average Bonchev–Trinajstić information content (AvgIpc) is 3.06. The van der Waals surface area contributed by atoms with Crippen molar-refractivity contribution in [1.29, 1.82) is 0 Å². The number of hydrogen-bond acceptors (Lipinski definition) is 5. The molecule has 0 unspecified atom stereocenters. The number of hydrogen-bond donors (Lipinski definition) is 1. The van der Waals surface area contributed by atoms with Crippen molar-refractivity contribution in [3.63, 3.8) is 0 Å². The van der Waals surface area contributed by atoms with Crippen molar-refractivity contribution in [2.75, 3.05) is 0 Å². The Bertz CT molecular complexity index is 819. The third-order valence-corrected chi connectivity index (χ3v) is 12.2. The molecule has 9 heteroatoms. The van der Waals surface area contributed by atoms with E-state index in [4.69, 9.17) is 21.8 Å². The molecule has 0 saturated carbocycles. The van der Waals surface area contributed by atoms with Gasteiger partial charge in [0.1, 0.15) is 11.5 Å². The molecule has 0 saturated heterocycles. The molecule has 0 atom stereocenters.